The number of methoxy groups -OCH3 is 1. The van der Waals surface area contributed by atoms with E-state index in [1.54, 1.807) is 7.11 Å². The largest absolute Gasteiger partial charge is 0.493 e. The SMILES string of the molecule is COc1cc2c(Nc3ccc(Cl)cc3)ncnc2cc1O[C@@H]1COC2CCOC21. The van der Waals surface area contributed by atoms with E-state index in [4.69, 9.17) is 30.5 Å². The molecule has 2 aliphatic heterocycles. The van der Waals surface area contributed by atoms with Crippen LogP contribution in [0.1, 0.15) is 6.42 Å². The maximum absolute atomic E-state index is 6.22. The van der Waals surface area contributed by atoms with Gasteiger partial charge in [-0.2, -0.15) is 0 Å². The summed E-state index contributed by atoms with van der Waals surface area (Å²) in [6, 6.07) is 11.2. The van der Waals surface area contributed by atoms with Gasteiger partial charge < -0.3 is 24.3 Å². The van der Waals surface area contributed by atoms with Crippen LogP contribution in [0, 0.1) is 0 Å². The van der Waals surface area contributed by atoms with Gasteiger partial charge in [-0.3, -0.25) is 0 Å². The first-order chi connectivity index (χ1) is 14.2. The van der Waals surface area contributed by atoms with Crippen molar-refractivity contribution in [1.29, 1.82) is 0 Å². The molecule has 0 saturated carbocycles. The number of rotatable bonds is 5. The lowest BCUT2D eigenvalue weighted by atomic mass is 10.1. The molecule has 2 aliphatic rings. The molecule has 2 saturated heterocycles. The van der Waals surface area contributed by atoms with E-state index in [1.807, 2.05) is 36.4 Å². The van der Waals surface area contributed by atoms with Gasteiger partial charge in [0.25, 0.3) is 0 Å². The number of halogens is 1. The number of hydrogen-bond acceptors (Lipinski definition) is 7. The van der Waals surface area contributed by atoms with Gasteiger partial charge in [0.2, 0.25) is 0 Å². The van der Waals surface area contributed by atoms with E-state index in [9.17, 15) is 0 Å². The number of ether oxygens (including phenoxy) is 4. The summed E-state index contributed by atoms with van der Waals surface area (Å²) in [5.74, 6) is 1.89. The lowest BCUT2D eigenvalue weighted by Crippen LogP contribution is -2.32. The van der Waals surface area contributed by atoms with E-state index in [0.717, 1.165) is 23.0 Å². The molecule has 0 aliphatic carbocycles. The number of hydrogen-bond donors (Lipinski definition) is 1. The smallest absolute Gasteiger partial charge is 0.164 e. The standard InChI is InChI=1S/C21H20ClN3O4/c1-26-17-8-14-15(9-18(17)29-19-10-28-16-6-7-27-20(16)19)23-11-24-21(14)25-13-4-2-12(22)3-5-13/h2-5,8-9,11,16,19-20H,6-7,10H2,1H3,(H,23,24,25)/t16?,19-,20?/m1/s1. The molecular formula is C21H20ClN3O4. The number of anilines is 2. The Morgan fingerprint density at radius 2 is 1.97 bits per heavy atom. The highest BCUT2D eigenvalue weighted by Gasteiger charge is 2.43. The predicted octanol–water partition coefficient (Wildman–Crippen LogP) is 3.97. The molecular weight excluding hydrogens is 394 g/mol. The van der Waals surface area contributed by atoms with Crippen LogP contribution in [-0.4, -0.2) is 48.6 Å². The van der Waals surface area contributed by atoms with E-state index in [0.29, 0.717) is 35.6 Å². The average Bonchev–Trinajstić information content (AvgIpc) is 3.35. The number of aromatic nitrogens is 2. The molecule has 2 fully saturated rings. The molecule has 7 nitrogen and oxygen atoms in total. The summed E-state index contributed by atoms with van der Waals surface area (Å²) in [5, 5.41) is 4.80. The number of fused-ring (bicyclic) bond motifs is 2. The van der Waals surface area contributed by atoms with Crippen LogP contribution < -0.4 is 14.8 Å². The summed E-state index contributed by atoms with van der Waals surface area (Å²) in [4.78, 5) is 8.79. The van der Waals surface area contributed by atoms with Crippen LogP contribution >= 0.6 is 11.6 Å². The van der Waals surface area contributed by atoms with Gasteiger partial charge >= 0.3 is 0 Å². The molecule has 8 heteroatoms. The van der Waals surface area contributed by atoms with Crippen molar-refractivity contribution < 1.29 is 18.9 Å². The zero-order chi connectivity index (χ0) is 19.8. The van der Waals surface area contributed by atoms with Gasteiger partial charge in [0.1, 0.15) is 18.2 Å². The molecule has 2 aromatic carbocycles. The molecule has 29 heavy (non-hydrogen) atoms. The van der Waals surface area contributed by atoms with E-state index >= 15 is 0 Å². The van der Waals surface area contributed by atoms with Crippen LogP contribution in [0.25, 0.3) is 10.9 Å². The van der Waals surface area contributed by atoms with Crippen molar-refractivity contribution in [2.75, 3.05) is 25.6 Å². The Morgan fingerprint density at radius 3 is 2.79 bits per heavy atom. The summed E-state index contributed by atoms with van der Waals surface area (Å²) in [6.45, 7) is 1.21. The van der Waals surface area contributed by atoms with E-state index in [-0.39, 0.29) is 18.3 Å². The van der Waals surface area contributed by atoms with Crippen LogP contribution in [0.3, 0.4) is 0 Å². The zero-order valence-electron chi connectivity index (χ0n) is 15.8. The first-order valence-corrected chi connectivity index (χ1v) is 9.84. The fourth-order valence-electron chi connectivity index (χ4n) is 3.78. The van der Waals surface area contributed by atoms with Crippen LogP contribution in [0.15, 0.2) is 42.7 Å². The van der Waals surface area contributed by atoms with Gasteiger partial charge in [-0.1, -0.05) is 11.6 Å². The third kappa shape index (κ3) is 3.57. The fraction of sp³-hybridized carbons (Fsp3) is 0.333. The van der Waals surface area contributed by atoms with Crippen molar-refractivity contribution >= 4 is 34.0 Å². The highest BCUT2D eigenvalue weighted by molar-refractivity contribution is 6.30. The quantitative estimate of drug-likeness (QED) is 0.678. The van der Waals surface area contributed by atoms with Crippen molar-refractivity contribution in [1.82, 2.24) is 9.97 Å². The van der Waals surface area contributed by atoms with Crippen LogP contribution in [0.2, 0.25) is 5.02 Å². The van der Waals surface area contributed by atoms with Crippen molar-refractivity contribution in [3.63, 3.8) is 0 Å². The van der Waals surface area contributed by atoms with E-state index < -0.39 is 0 Å². The van der Waals surface area contributed by atoms with Crippen molar-refractivity contribution in [3.8, 4) is 11.5 Å². The molecule has 0 radical (unpaired) electrons. The number of benzene rings is 2. The molecule has 0 bridgehead atoms. The van der Waals surface area contributed by atoms with Crippen LogP contribution in [0.4, 0.5) is 11.5 Å². The summed E-state index contributed by atoms with van der Waals surface area (Å²) in [5.41, 5.74) is 1.62. The first kappa shape index (κ1) is 18.4. The molecule has 0 amide bonds. The van der Waals surface area contributed by atoms with Crippen molar-refractivity contribution in [2.24, 2.45) is 0 Å². The Balaban J connectivity index is 1.46. The maximum atomic E-state index is 6.22. The van der Waals surface area contributed by atoms with Crippen LogP contribution in [0.5, 0.6) is 11.5 Å². The summed E-state index contributed by atoms with van der Waals surface area (Å²) in [7, 11) is 1.62. The van der Waals surface area contributed by atoms with Crippen LogP contribution in [-0.2, 0) is 9.47 Å². The maximum Gasteiger partial charge on any atom is 0.164 e. The van der Waals surface area contributed by atoms with Gasteiger partial charge in [-0.05, 0) is 36.8 Å². The van der Waals surface area contributed by atoms with Gasteiger partial charge in [0.15, 0.2) is 17.6 Å². The summed E-state index contributed by atoms with van der Waals surface area (Å²) < 4.78 is 23.4. The van der Waals surface area contributed by atoms with Gasteiger partial charge in [0.05, 0.1) is 25.3 Å². The van der Waals surface area contributed by atoms with E-state index in [2.05, 4.69) is 15.3 Å². The fourth-order valence-corrected chi connectivity index (χ4v) is 3.91. The highest BCUT2D eigenvalue weighted by Crippen LogP contribution is 2.37. The third-order valence-corrected chi connectivity index (χ3v) is 5.48. The molecule has 3 atom stereocenters. The second-order valence-electron chi connectivity index (χ2n) is 7.03. The monoisotopic (exact) mass is 413 g/mol. The van der Waals surface area contributed by atoms with Crippen molar-refractivity contribution in [3.05, 3.63) is 47.7 Å². The topological polar surface area (TPSA) is 74.7 Å². The second kappa shape index (κ2) is 7.67. The van der Waals surface area contributed by atoms with E-state index in [1.165, 1.54) is 6.33 Å². The summed E-state index contributed by atoms with van der Waals surface area (Å²) >= 11 is 5.97. The van der Waals surface area contributed by atoms with Gasteiger partial charge in [0, 0.05) is 28.8 Å². The Kier molecular flexibility index (Phi) is 4.87. The van der Waals surface area contributed by atoms with Gasteiger partial charge in [-0.25, -0.2) is 9.97 Å². The number of nitrogens with one attached hydrogen (secondary N) is 1. The minimum atomic E-state index is -0.164. The zero-order valence-corrected chi connectivity index (χ0v) is 16.6. The Labute approximate surface area is 172 Å². The average molecular weight is 414 g/mol. The molecule has 3 heterocycles. The second-order valence-corrected chi connectivity index (χ2v) is 7.46. The summed E-state index contributed by atoms with van der Waals surface area (Å²) in [6.07, 6.45) is 2.34. The Bertz CT molecular complexity index is 1030. The van der Waals surface area contributed by atoms with Gasteiger partial charge in [-0.15, -0.1) is 0 Å². The normalized spacial score (nSPS) is 23.2. The lowest BCUT2D eigenvalue weighted by Gasteiger charge is -2.20. The minimum absolute atomic E-state index is 0.0389. The highest BCUT2D eigenvalue weighted by atomic mass is 35.5. The lowest BCUT2D eigenvalue weighted by molar-refractivity contribution is 0.0298. The Hall–Kier alpha value is -2.61. The molecule has 2 unspecified atom stereocenters. The van der Waals surface area contributed by atoms with Crippen molar-refractivity contribution in [2.45, 2.75) is 24.7 Å². The molecule has 0 spiro atoms. The molecule has 1 N–H and O–H groups in total. The predicted molar refractivity (Wildman–Crippen MR) is 109 cm³/mol. The molecule has 3 aromatic rings. The Morgan fingerprint density at radius 1 is 1.10 bits per heavy atom. The third-order valence-electron chi connectivity index (χ3n) is 5.23. The number of nitrogens with zero attached hydrogens (tertiary/aromatic N) is 2. The molecule has 1 aromatic heterocycles. The minimum Gasteiger partial charge on any atom is -0.493 e. The molecule has 5 rings (SSSR count). The molecule has 150 valence electrons. The first-order valence-electron chi connectivity index (χ1n) is 9.46.